The van der Waals surface area contributed by atoms with Crippen LogP contribution in [0.3, 0.4) is 0 Å². The first-order valence-corrected chi connectivity index (χ1v) is 16.5. The van der Waals surface area contributed by atoms with Gasteiger partial charge in [-0.1, -0.05) is 17.7 Å². The average Bonchev–Trinajstić information content (AvgIpc) is 3.67. The Labute approximate surface area is 266 Å². The van der Waals surface area contributed by atoms with E-state index in [2.05, 4.69) is 14.8 Å². The van der Waals surface area contributed by atoms with Gasteiger partial charge in [-0.15, -0.1) is 11.3 Å². The minimum absolute atomic E-state index is 0.00852. The molecule has 2 N–H and O–H groups in total. The number of halogens is 4. The minimum Gasteiger partial charge on any atom is -0.491 e. The topological polar surface area (TPSA) is 101 Å². The monoisotopic (exact) mass is 654 g/mol. The number of nitriles is 1. The van der Waals surface area contributed by atoms with Crippen molar-refractivity contribution < 1.29 is 22.6 Å². The number of piperidine rings is 1. The molecular formula is C32H30ClF3N6O2S. The van der Waals surface area contributed by atoms with Crippen LogP contribution in [0.2, 0.25) is 5.02 Å². The fourth-order valence-electron chi connectivity index (χ4n) is 7.91. The smallest absolute Gasteiger partial charge is 0.319 e. The van der Waals surface area contributed by atoms with Gasteiger partial charge in [0.05, 0.1) is 32.8 Å². The van der Waals surface area contributed by atoms with E-state index in [1.165, 1.54) is 12.1 Å². The first-order valence-electron chi connectivity index (χ1n) is 15.3. The number of anilines is 2. The third-order valence-corrected chi connectivity index (χ3v) is 11.4. The Bertz CT molecular complexity index is 1920. The summed E-state index contributed by atoms with van der Waals surface area (Å²) in [6, 6.07) is 4.78. The molecule has 0 amide bonds. The van der Waals surface area contributed by atoms with Crippen molar-refractivity contribution in [2.75, 3.05) is 43.5 Å². The highest BCUT2D eigenvalue weighted by Gasteiger charge is 2.49. The Balaban J connectivity index is 1.35. The summed E-state index contributed by atoms with van der Waals surface area (Å²) in [5.41, 5.74) is 5.79. The highest BCUT2D eigenvalue weighted by Crippen LogP contribution is 2.51. The van der Waals surface area contributed by atoms with E-state index in [1.54, 1.807) is 0 Å². The largest absolute Gasteiger partial charge is 0.491 e. The minimum atomic E-state index is -0.923. The van der Waals surface area contributed by atoms with Crippen LogP contribution in [0.25, 0.3) is 32.1 Å². The number of fused-ring (bicyclic) bond motifs is 4. The molecule has 0 radical (unpaired) electrons. The van der Waals surface area contributed by atoms with E-state index in [0.29, 0.717) is 37.2 Å². The number of thiophene rings is 1. The van der Waals surface area contributed by atoms with Crippen molar-refractivity contribution in [1.29, 1.82) is 5.26 Å². The lowest BCUT2D eigenvalue weighted by Gasteiger charge is -2.39. The predicted molar refractivity (Wildman–Crippen MR) is 168 cm³/mol. The summed E-state index contributed by atoms with van der Waals surface area (Å²) in [5, 5.41) is 10.5. The van der Waals surface area contributed by atoms with Gasteiger partial charge in [-0.05, 0) is 50.3 Å². The van der Waals surface area contributed by atoms with Gasteiger partial charge in [-0.25, -0.2) is 13.2 Å². The number of benzene rings is 2. The highest BCUT2D eigenvalue weighted by molar-refractivity contribution is 7.23. The fraction of sp³-hybridized carbons (Fsp3) is 0.469. The van der Waals surface area contributed by atoms with Gasteiger partial charge in [0.15, 0.2) is 11.6 Å². The Morgan fingerprint density at radius 1 is 1.18 bits per heavy atom. The number of nitrogens with zero attached hydrogens (tertiary/aromatic N) is 5. The molecule has 3 fully saturated rings. The number of hydrogen-bond donors (Lipinski definition) is 1. The van der Waals surface area contributed by atoms with Crippen LogP contribution in [-0.4, -0.2) is 65.5 Å². The standard InChI is InChI=1S/C32H30ClF3N6O2S/c33-24-22(18-5-6-20(35)28-21(18)19(13-37)29(38)45-28)25(36)26-23-27(24)43-11-7-17-4-1-2-10-42(17)30(23)40-31(39-26)44-15-32-8-3-9-41(32)14-16(34)12-32/h5-6,16-17H,1-4,7-12,14-15,38H2/t16-,17-,32+/m1/s1. The second-order valence-electron chi connectivity index (χ2n) is 12.5. The van der Waals surface area contributed by atoms with E-state index in [9.17, 15) is 14.0 Å². The Kier molecular flexibility index (Phi) is 6.93. The number of nitrogens with two attached hydrogens (primary N) is 1. The molecule has 3 saturated heterocycles. The summed E-state index contributed by atoms with van der Waals surface area (Å²) in [6.45, 7) is 2.44. The highest BCUT2D eigenvalue weighted by atomic mass is 35.5. The quantitative estimate of drug-likeness (QED) is 0.251. The van der Waals surface area contributed by atoms with Crippen LogP contribution in [0.1, 0.15) is 50.5 Å². The number of ether oxygens (including phenoxy) is 2. The summed E-state index contributed by atoms with van der Waals surface area (Å²) in [4.78, 5) is 13.8. The third kappa shape index (κ3) is 4.42. The van der Waals surface area contributed by atoms with Crippen molar-refractivity contribution >= 4 is 54.7 Å². The lowest BCUT2D eigenvalue weighted by Crippen LogP contribution is -2.44. The number of aromatic nitrogens is 2. The fourth-order valence-corrected chi connectivity index (χ4v) is 9.20. The normalized spacial score (nSPS) is 24.6. The molecule has 0 bridgehead atoms. The second-order valence-corrected chi connectivity index (χ2v) is 13.9. The molecule has 0 saturated carbocycles. The van der Waals surface area contributed by atoms with Gasteiger partial charge in [0.1, 0.15) is 41.0 Å². The molecule has 0 aliphatic carbocycles. The lowest BCUT2D eigenvalue weighted by atomic mass is 9.95. The molecule has 0 unspecified atom stereocenters. The maximum Gasteiger partial charge on any atom is 0.319 e. The zero-order chi connectivity index (χ0) is 31.0. The van der Waals surface area contributed by atoms with E-state index < -0.39 is 23.3 Å². The summed E-state index contributed by atoms with van der Waals surface area (Å²) < 4.78 is 59.2. The number of hydrogen-bond acceptors (Lipinski definition) is 9. The van der Waals surface area contributed by atoms with Crippen molar-refractivity contribution in [3.8, 4) is 29.0 Å². The third-order valence-electron chi connectivity index (χ3n) is 9.97. The maximum absolute atomic E-state index is 17.1. The number of alkyl halides is 1. The van der Waals surface area contributed by atoms with Gasteiger partial charge in [0, 0.05) is 42.9 Å². The second kappa shape index (κ2) is 10.8. The van der Waals surface area contributed by atoms with Gasteiger partial charge in [0.2, 0.25) is 0 Å². The van der Waals surface area contributed by atoms with Crippen molar-refractivity contribution in [3.05, 3.63) is 34.4 Å². The van der Waals surface area contributed by atoms with E-state index in [1.807, 2.05) is 6.07 Å². The van der Waals surface area contributed by atoms with Gasteiger partial charge in [0.25, 0.3) is 0 Å². The van der Waals surface area contributed by atoms with Gasteiger partial charge < -0.3 is 20.1 Å². The zero-order valence-corrected chi connectivity index (χ0v) is 25.9. The van der Waals surface area contributed by atoms with Crippen molar-refractivity contribution in [2.45, 2.75) is 62.7 Å². The molecule has 0 spiro atoms. The number of rotatable bonds is 4. The van der Waals surface area contributed by atoms with Crippen LogP contribution < -0.4 is 20.1 Å². The SMILES string of the molecule is N#Cc1c(N)sc2c(F)ccc(-c3c(Cl)c4c5c(nc(OC[C@@]67CCCN6C[C@H](F)C7)nc5c3F)N3CCCC[C@@H]3CCO4)c12. The number of nitrogen functional groups attached to an aromatic ring is 1. The molecule has 4 aromatic rings. The van der Waals surface area contributed by atoms with Crippen LogP contribution in [-0.2, 0) is 0 Å². The lowest BCUT2D eigenvalue weighted by molar-refractivity contribution is 0.107. The summed E-state index contributed by atoms with van der Waals surface area (Å²) >= 11 is 7.95. The van der Waals surface area contributed by atoms with Crippen LogP contribution in [0.15, 0.2) is 12.1 Å². The van der Waals surface area contributed by atoms with Gasteiger partial charge in [-0.2, -0.15) is 15.2 Å². The molecule has 8 nitrogen and oxygen atoms in total. The molecule has 6 heterocycles. The molecule has 4 aliphatic heterocycles. The van der Waals surface area contributed by atoms with Crippen molar-refractivity contribution in [2.24, 2.45) is 0 Å². The predicted octanol–water partition coefficient (Wildman–Crippen LogP) is 6.99. The molecule has 8 rings (SSSR count). The van der Waals surface area contributed by atoms with Gasteiger partial charge >= 0.3 is 6.01 Å². The molecule has 13 heteroatoms. The molecule has 4 aliphatic rings. The Hall–Kier alpha value is -3.53. The van der Waals surface area contributed by atoms with Crippen LogP contribution in [0, 0.1) is 23.0 Å². The van der Waals surface area contributed by atoms with Crippen LogP contribution in [0.4, 0.5) is 24.0 Å². The maximum atomic E-state index is 17.1. The van der Waals surface area contributed by atoms with E-state index in [0.717, 1.165) is 56.5 Å². The molecule has 2 aromatic heterocycles. The van der Waals surface area contributed by atoms with Crippen LogP contribution in [0.5, 0.6) is 11.8 Å². The Morgan fingerprint density at radius 2 is 2.04 bits per heavy atom. The zero-order valence-electron chi connectivity index (χ0n) is 24.3. The first kappa shape index (κ1) is 28.9. The molecular weight excluding hydrogens is 625 g/mol. The van der Waals surface area contributed by atoms with Crippen molar-refractivity contribution in [3.63, 3.8) is 0 Å². The molecule has 45 heavy (non-hydrogen) atoms. The van der Waals surface area contributed by atoms with E-state index in [-0.39, 0.29) is 66.7 Å². The molecule has 2 aromatic carbocycles. The summed E-state index contributed by atoms with van der Waals surface area (Å²) in [7, 11) is 0. The van der Waals surface area contributed by atoms with Crippen LogP contribution >= 0.6 is 22.9 Å². The van der Waals surface area contributed by atoms with E-state index >= 15 is 4.39 Å². The summed E-state index contributed by atoms with van der Waals surface area (Å²) in [6.07, 6.45) is 4.87. The molecule has 234 valence electrons. The molecule has 3 atom stereocenters. The Morgan fingerprint density at radius 3 is 2.89 bits per heavy atom. The van der Waals surface area contributed by atoms with Crippen molar-refractivity contribution in [1.82, 2.24) is 14.9 Å². The van der Waals surface area contributed by atoms with E-state index in [4.69, 9.17) is 31.8 Å². The summed E-state index contributed by atoms with van der Waals surface area (Å²) in [5.74, 6) is -0.630. The first-order chi connectivity index (χ1) is 21.8. The van der Waals surface area contributed by atoms with Gasteiger partial charge in [-0.3, -0.25) is 4.90 Å². The average molecular weight is 655 g/mol.